The Balaban J connectivity index is 0.000000157. The lowest BCUT2D eigenvalue weighted by atomic mass is 9.86. The van der Waals surface area contributed by atoms with Crippen molar-refractivity contribution in [2.24, 2.45) is 4.99 Å². The summed E-state index contributed by atoms with van der Waals surface area (Å²) in [5.41, 5.74) is 7.31. The lowest BCUT2D eigenvalue weighted by molar-refractivity contribution is 0.805. The van der Waals surface area contributed by atoms with Crippen LogP contribution in [0.25, 0.3) is 17.7 Å². The first-order valence-corrected chi connectivity index (χ1v) is 11.5. The van der Waals surface area contributed by atoms with E-state index in [1.165, 1.54) is 56.8 Å². The molecule has 0 unspecified atom stereocenters. The normalized spacial score (nSPS) is 15.4. The molecule has 0 N–H and O–H groups in total. The molecular formula is C29H26ClN. The first kappa shape index (κ1) is 20.0. The maximum atomic E-state index is 6.11. The summed E-state index contributed by atoms with van der Waals surface area (Å²) in [4.78, 5) is 4.08. The third-order valence-corrected chi connectivity index (χ3v) is 6.75. The highest BCUT2D eigenvalue weighted by Crippen LogP contribution is 2.21. The van der Waals surface area contributed by atoms with Crippen LogP contribution in [0.4, 0.5) is 0 Å². The number of halogens is 1. The van der Waals surface area contributed by atoms with Crippen molar-refractivity contribution in [3.8, 4) is 0 Å². The molecule has 1 nitrogen and oxygen atoms in total. The van der Waals surface area contributed by atoms with Gasteiger partial charge in [-0.05, 0) is 93.9 Å². The highest BCUT2D eigenvalue weighted by atomic mass is 35.5. The number of rotatable bonds is 0. The largest absolute Gasteiger partial charge is 0.269 e. The van der Waals surface area contributed by atoms with E-state index in [0.29, 0.717) is 0 Å². The minimum absolute atomic E-state index is 0.825. The Labute approximate surface area is 188 Å². The van der Waals surface area contributed by atoms with Crippen molar-refractivity contribution in [3.05, 3.63) is 109 Å². The molecule has 31 heavy (non-hydrogen) atoms. The molecular weight excluding hydrogens is 398 g/mol. The van der Waals surface area contributed by atoms with Crippen molar-refractivity contribution in [1.29, 1.82) is 0 Å². The van der Waals surface area contributed by atoms with E-state index in [9.17, 15) is 0 Å². The van der Waals surface area contributed by atoms with Gasteiger partial charge < -0.3 is 0 Å². The maximum absolute atomic E-state index is 6.11. The van der Waals surface area contributed by atoms with Gasteiger partial charge in [0.05, 0.1) is 0 Å². The Kier molecular flexibility index (Phi) is 5.61. The van der Waals surface area contributed by atoms with Crippen molar-refractivity contribution < 1.29 is 0 Å². The molecule has 0 aromatic heterocycles. The fourth-order valence-corrected chi connectivity index (χ4v) is 5.09. The standard InChI is InChI=1S/C19H17Cl.C10H9N/c1-12-3-2-4-17-15(12)9-10-18-16-8-6-14(20)11-13(16)5-7-19(17)18;1-2-4-10-6-8-11-7-5-9(10)3-1/h5-6,8-11H,2-4,7H2,1H3;1-5,7-8H,6H2. The monoisotopic (exact) mass is 423 g/mol. The Bertz CT molecular complexity index is 1430. The van der Waals surface area contributed by atoms with E-state index < -0.39 is 0 Å². The average Bonchev–Trinajstić information content (AvgIpc) is 3.05. The third kappa shape index (κ3) is 4.03. The van der Waals surface area contributed by atoms with E-state index in [0.717, 1.165) is 17.9 Å². The molecule has 0 spiro atoms. The van der Waals surface area contributed by atoms with Crippen LogP contribution in [0.5, 0.6) is 0 Å². The van der Waals surface area contributed by atoms with Crippen molar-refractivity contribution in [1.82, 2.24) is 0 Å². The van der Waals surface area contributed by atoms with Gasteiger partial charge in [-0.25, -0.2) is 0 Å². The number of hydrogen-bond donors (Lipinski definition) is 0. The summed E-state index contributed by atoms with van der Waals surface area (Å²) >= 11 is 6.11. The quantitative estimate of drug-likeness (QED) is 0.436. The number of nitrogens with zero attached hydrogens (tertiary/aromatic N) is 1. The Morgan fingerprint density at radius 2 is 1.68 bits per heavy atom. The fourth-order valence-electron chi connectivity index (χ4n) is 4.91. The smallest absolute Gasteiger partial charge is 0.0412 e. The van der Waals surface area contributed by atoms with E-state index in [1.807, 2.05) is 24.6 Å². The first-order valence-electron chi connectivity index (χ1n) is 11.1. The molecule has 2 heteroatoms. The van der Waals surface area contributed by atoms with Crippen molar-refractivity contribution in [2.45, 2.75) is 39.0 Å². The molecule has 3 aromatic carbocycles. The molecule has 0 saturated carbocycles. The Morgan fingerprint density at radius 3 is 2.61 bits per heavy atom. The van der Waals surface area contributed by atoms with Gasteiger partial charge >= 0.3 is 0 Å². The van der Waals surface area contributed by atoms with Crippen molar-refractivity contribution in [3.63, 3.8) is 0 Å². The summed E-state index contributed by atoms with van der Waals surface area (Å²) in [5, 5.41) is 6.35. The second-order valence-electron chi connectivity index (χ2n) is 8.44. The highest BCUT2D eigenvalue weighted by molar-refractivity contribution is 6.30. The van der Waals surface area contributed by atoms with Crippen LogP contribution in [0, 0.1) is 10.4 Å². The second kappa shape index (κ2) is 8.69. The molecule has 0 atom stereocenters. The van der Waals surface area contributed by atoms with Crippen LogP contribution < -0.4 is 10.4 Å². The molecule has 0 fully saturated rings. The summed E-state index contributed by atoms with van der Waals surface area (Å²) in [6.07, 6.45) is 13.9. The summed E-state index contributed by atoms with van der Waals surface area (Å²) in [6.45, 7) is 2.28. The van der Waals surface area contributed by atoms with Gasteiger partial charge in [0, 0.05) is 23.9 Å². The third-order valence-electron chi connectivity index (χ3n) is 6.51. The molecule has 1 heterocycles. The van der Waals surface area contributed by atoms with Gasteiger partial charge in [-0.3, -0.25) is 4.99 Å². The zero-order valence-corrected chi connectivity index (χ0v) is 18.6. The van der Waals surface area contributed by atoms with Crippen LogP contribution in [-0.2, 0) is 19.3 Å². The highest BCUT2D eigenvalue weighted by Gasteiger charge is 2.13. The molecule has 0 radical (unpaired) electrons. The Morgan fingerprint density at radius 1 is 0.839 bits per heavy atom. The van der Waals surface area contributed by atoms with Gasteiger partial charge in [-0.1, -0.05) is 65.7 Å². The van der Waals surface area contributed by atoms with Crippen LogP contribution in [0.15, 0.2) is 65.8 Å². The fraction of sp³-hybridized carbons (Fsp3) is 0.207. The van der Waals surface area contributed by atoms with Gasteiger partial charge in [0.2, 0.25) is 0 Å². The van der Waals surface area contributed by atoms with E-state index in [-0.39, 0.29) is 0 Å². The van der Waals surface area contributed by atoms with E-state index >= 15 is 0 Å². The van der Waals surface area contributed by atoms with E-state index in [4.69, 9.17) is 11.6 Å². The minimum Gasteiger partial charge on any atom is -0.269 e. The van der Waals surface area contributed by atoms with Gasteiger partial charge in [0.1, 0.15) is 0 Å². The van der Waals surface area contributed by atoms with Gasteiger partial charge in [0.15, 0.2) is 0 Å². The molecule has 0 bridgehead atoms. The summed E-state index contributed by atoms with van der Waals surface area (Å²) in [7, 11) is 0. The predicted molar refractivity (Wildman–Crippen MR) is 133 cm³/mol. The number of aliphatic imine (C=N–C) groups is 1. The topological polar surface area (TPSA) is 12.4 Å². The van der Waals surface area contributed by atoms with Crippen molar-refractivity contribution in [2.75, 3.05) is 0 Å². The van der Waals surface area contributed by atoms with Gasteiger partial charge in [-0.15, -0.1) is 0 Å². The average molecular weight is 424 g/mol. The summed E-state index contributed by atoms with van der Waals surface area (Å²) in [5.74, 6) is 0. The second-order valence-corrected chi connectivity index (χ2v) is 8.88. The molecule has 2 aliphatic carbocycles. The van der Waals surface area contributed by atoms with Crippen LogP contribution in [0.2, 0.25) is 5.02 Å². The predicted octanol–water partition coefficient (Wildman–Crippen LogP) is 5.75. The zero-order valence-electron chi connectivity index (χ0n) is 17.9. The minimum atomic E-state index is 0.825. The Hall–Kier alpha value is -2.90. The molecule has 6 rings (SSSR count). The molecule has 3 aromatic rings. The SMILES string of the molecule is C1=Cc2ccccc2CC=N1.CC1=c2ccc3c(c2CCC1)CC=c1cc(Cl)ccc1=3. The summed E-state index contributed by atoms with van der Waals surface area (Å²) < 4.78 is 0. The molecule has 1 aliphatic heterocycles. The number of benzene rings is 3. The van der Waals surface area contributed by atoms with Crippen LogP contribution in [0.1, 0.15) is 42.0 Å². The molecule has 154 valence electrons. The van der Waals surface area contributed by atoms with Crippen molar-refractivity contribution >= 4 is 35.5 Å². The maximum Gasteiger partial charge on any atom is 0.0412 e. The lowest BCUT2D eigenvalue weighted by Crippen LogP contribution is -2.21. The summed E-state index contributed by atoms with van der Waals surface area (Å²) in [6, 6.07) is 19.2. The number of fused-ring (bicyclic) bond motifs is 5. The van der Waals surface area contributed by atoms with Crippen LogP contribution in [-0.4, -0.2) is 6.21 Å². The van der Waals surface area contributed by atoms with E-state index in [1.54, 1.807) is 11.1 Å². The molecule has 0 saturated heterocycles. The molecule has 0 amide bonds. The first-order chi connectivity index (χ1) is 15.2. The van der Waals surface area contributed by atoms with Crippen LogP contribution >= 0.6 is 11.6 Å². The van der Waals surface area contributed by atoms with E-state index in [2.05, 4.69) is 66.5 Å². The van der Waals surface area contributed by atoms with Gasteiger partial charge in [-0.2, -0.15) is 0 Å². The molecule has 3 aliphatic rings. The number of hydrogen-bond acceptors (Lipinski definition) is 1. The van der Waals surface area contributed by atoms with Gasteiger partial charge in [0.25, 0.3) is 0 Å². The van der Waals surface area contributed by atoms with Crippen LogP contribution in [0.3, 0.4) is 0 Å². The lowest BCUT2D eigenvalue weighted by Gasteiger charge is -2.18. The zero-order chi connectivity index (χ0) is 21.2.